The molecule has 0 aromatic carbocycles. The van der Waals surface area contributed by atoms with Crippen molar-refractivity contribution in [1.29, 1.82) is 0 Å². The molecule has 1 saturated carbocycles. The van der Waals surface area contributed by atoms with Gasteiger partial charge in [-0.2, -0.15) is 4.98 Å². The van der Waals surface area contributed by atoms with Crippen LogP contribution in [0.3, 0.4) is 0 Å². The number of hydrogen-bond donors (Lipinski definition) is 1. The SMILES string of the molecule is NC1CCCCCC1c1nc(C2CCOCC2)no1. The molecule has 2 N–H and O–H groups in total. The van der Waals surface area contributed by atoms with Gasteiger partial charge in [-0.25, -0.2) is 0 Å². The van der Waals surface area contributed by atoms with Crippen LogP contribution in [-0.2, 0) is 4.74 Å². The van der Waals surface area contributed by atoms with E-state index in [2.05, 4.69) is 10.1 Å². The first-order valence-corrected chi connectivity index (χ1v) is 7.51. The molecule has 3 rings (SSSR count). The smallest absolute Gasteiger partial charge is 0.231 e. The van der Waals surface area contributed by atoms with Crippen molar-refractivity contribution in [3.05, 3.63) is 11.7 Å². The molecule has 19 heavy (non-hydrogen) atoms. The first-order chi connectivity index (χ1) is 9.34. The molecule has 1 aliphatic carbocycles. The Balaban J connectivity index is 1.72. The van der Waals surface area contributed by atoms with Crippen molar-refractivity contribution in [2.75, 3.05) is 13.2 Å². The summed E-state index contributed by atoms with van der Waals surface area (Å²) in [4.78, 5) is 4.64. The molecule has 2 heterocycles. The first kappa shape index (κ1) is 13.1. The monoisotopic (exact) mass is 265 g/mol. The van der Waals surface area contributed by atoms with Crippen LogP contribution in [-0.4, -0.2) is 29.4 Å². The van der Waals surface area contributed by atoms with E-state index in [1.807, 2.05) is 0 Å². The van der Waals surface area contributed by atoms with Crippen LogP contribution < -0.4 is 5.73 Å². The first-order valence-electron chi connectivity index (χ1n) is 7.51. The number of ether oxygens (including phenoxy) is 1. The van der Waals surface area contributed by atoms with Crippen molar-refractivity contribution >= 4 is 0 Å². The third kappa shape index (κ3) is 2.98. The predicted molar refractivity (Wildman–Crippen MR) is 70.9 cm³/mol. The summed E-state index contributed by atoms with van der Waals surface area (Å²) in [5, 5.41) is 4.18. The van der Waals surface area contributed by atoms with Gasteiger partial charge in [-0.3, -0.25) is 0 Å². The molecule has 1 aromatic rings. The van der Waals surface area contributed by atoms with Crippen molar-refractivity contribution in [3.63, 3.8) is 0 Å². The normalized spacial score (nSPS) is 30.2. The lowest BCUT2D eigenvalue weighted by Crippen LogP contribution is -2.27. The van der Waals surface area contributed by atoms with Crippen LogP contribution in [0.15, 0.2) is 4.52 Å². The van der Waals surface area contributed by atoms with Gasteiger partial charge in [-0.15, -0.1) is 0 Å². The molecule has 106 valence electrons. The molecule has 2 fully saturated rings. The van der Waals surface area contributed by atoms with Crippen molar-refractivity contribution < 1.29 is 9.26 Å². The Morgan fingerprint density at radius 1 is 1.00 bits per heavy atom. The molecule has 1 aromatic heterocycles. The Bertz CT molecular complexity index is 401. The van der Waals surface area contributed by atoms with Gasteiger partial charge in [-0.05, 0) is 25.7 Å². The van der Waals surface area contributed by atoms with E-state index in [1.165, 1.54) is 19.3 Å². The van der Waals surface area contributed by atoms with E-state index in [-0.39, 0.29) is 12.0 Å². The summed E-state index contributed by atoms with van der Waals surface area (Å²) in [6.07, 6.45) is 7.85. The second kappa shape index (κ2) is 6.01. The average Bonchev–Trinajstić information content (AvgIpc) is 2.83. The van der Waals surface area contributed by atoms with Crippen molar-refractivity contribution in [3.8, 4) is 0 Å². The predicted octanol–water partition coefficient (Wildman–Crippen LogP) is 2.34. The van der Waals surface area contributed by atoms with Gasteiger partial charge < -0.3 is 15.0 Å². The summed E-state index contributed by atoms with van der Waals surface area (Å²) in [5.74, 6) is 2.27. The minimum Gasteiger partial charge on any atom is -0.381 e. The standard InChI is InChI=1S/C14H23N3O2/c15-12-5-3-1-2-4-11(12)14-16-13(17-19-14)10-6-8-18-9-7-10/h10-12H,1-9,15H2. The topological polar surface area (TPSA) is 74.2 Å². The molecule has 2 aliphatic rings. The lowest BCUT2D eigenvalue weighted by molar-refractivity contribution is 0.0830. The van der Waals surface area contributed by atoms with Gasteiger partial charge in [0.1, 0.15) is 0 Å². The van der Waals surface area contributed by atoms with Crippen molar-refractivity contribution in [2.24, 2.45) is 5.73 Å². The minimum atomic E-state index is 0.172. The molecule has 1 aliphatic heterocycles. The van der Waals surface area contributed by atoms with E-state index in [0.29, 0.717) is 5.92 Å². The minimum absolute atomic E-state index is 0.172. The second-order valence-corrected chi connectivity index (χ2v) is 5.79. The lowest BCUT2D eigenvalue weighted by atomic mass is 9.95. The van der Waals surface area contributed by atoms with Gasteiger partial charge in [0.05, 0.1) is 5.92 Å². The summed E-state index contributed by atoms with van der Waals surface area (Å²) < 4.78 is 10.9. The summed E-state index contributed by atoms with van der Waals surface area (Å²) in [7, 11) is 0. The fourth-order valence-electron chi connectivity index (χ4n) is 3.16. The van der Waals surface area contributed by atoms with E-state index in [1.54, 1.807) is 0 Å². The Hall–Kier alpha value is -0.940. The highest BCUT2D eigenvalue weighted by molar-refractivity contribution is 5.03. The van der Waals surface area contributed by atoms with Gasteiger partial charge >= 0.3 is 0 Å². The van der Waals surface area contributed by atoms with Crippen LogP contribution in [0.1, 0.15) is 68.5 Å². The largest absolute Gasteiger partial charge is 0.381 e. The van der Waals surface area contributed by atoms with Gasteiger partial charge in [0.25, 0.3) is 0 Å². The third-order valence-corrected chi connectivity index (χ3v) is 4.43. The molecule has 0 radical (unpaired) electrons. The summed E-state index contributed by atoms with van der Waals surface area (Å²) in [6.45, 7) is 1.61. The average molecular weight is 265 g/mol. The Morgan fingerprint density at radius 3 is 2.63 bits per heavy atom. The van der Waals surface area contributed by atoms with Gasteiger partial charge in [0.15, 0.2) is 5.82 Å². The number of hydrogen-bond acceptors (Lipinski definition) is 5. The highest BCUT2D eigenvalue weighted by Crippen LogP contribution is 2.32. The molecule has 5 heteroatoms. The van der Waals surface area contributed by atoms with Crippen molar-refractivity contribution in [1.82, 2.24) is 10.1 Å². The van der Waals surface area contributed by atoms with Crippen LogP contribution in [0.25, 0.3) is 0 Å². The molecular formula is C14H23N3O2. The summed E-state index contributed by atoms with van der Waals surface area (Å²) in [6, 6.07) is 0.172. The Labute approximate surface area is 113 Å². The zero-order chi connectivity index (χ0) is 13.1. The zero-order valence-corrected chi connectivity index (χ0v) is 11.4. The summed E-state index contributed by atoms with van der Waals surface area (Å²) >= 11 is 0. The fraction of sp³-hybridized carbons (Fsp3) is 0.857. The van der Waals surface area contributed by atoms with Crippen molar-refractivity contribution in [2.45, 2.75) is 62.8 Å². The maximum absolute atomic E-state index is 6.25. The molecule has 2 unspecified atom stereocenters. The van der Waals surface area contributed by atoms with Crippen LogP contribution in [0, 0.1) is 0 Å². The third-order valence-electron chi connectivity index (χ3n) is 4.43. The highest BCUT2D eigenvalue weighted by atomic mass is 16.5. The van der Waals surface area contributed by atoms with E-state index in [4.69, 9.17) is 15.0 Å². The van der Waals surface area contributed by atoms with E-state index in [9.17, 15) is 0 Å². The maximum Gasteiger partial charge on any atom is 0.231 e. The molecular weight excluding hydrogens is 242 g/mol. The lowest BCUT2D eigenvalue weighted by Gasteiger charge is -2.19. The van der Waals surface area contributed by atoms with Gasteiger partial charge in [0.2, 0.25) is 5.89 Å². The van der Waals surface area contributed by atoms with E-state index >= 15 is 0 Å². The van der Waals surface area contributed by atoms with Crippen LogP contribution >= 0.6 is 0 Å². The van der Waals surface area contributed by atoms with Crippen LogP contribution in [0.5, 0.6) is 0 Å². The number of aromatic nitrogens is 2. The maximum atomic E-state index is 6.25. The molecule has 2 atom stereocenters. The zero-order valence-electron chi connectivity index (χ0n) is 11.4. The summed E-state index contributed by atoms with van der Waals surface area (Å²) in [5.41, 5.74) is 6.25. The molecule has 0 amide bonds. The number of nitrogens with two attached hydrogens (primary N) is 1. The van der Waals surface area contributed by atoms with Gasteiger partial charge in [0, 0.05) is 25.2 Å². The van der Waals surface area contributed by atoms with Crippen LogP contribution in [0.4, 0.5) is 0 Å². The number of rotatable bonds is 2. The van der Waals surface area contributed by atoms with Crippen LogP contribution in [0.2, 0.25) is 0 Å². The van der Waals surface area contributed by atoms with E-state index in [0.717, 1.165) is 50.6 Å². The molecule has 1 saturated heterocycles. The molecule has 0 spiro atoms. The van der Waals surface area contributed by atoms with Gasteiger partial charge in [-0.1, -0.05) is 24.4 Å². The molecule has 5 nitrogen and oxygen atoms in total. The Kier molecular flexibility index (Phi) is 4.13. The Morgan fingerprint density at radius 2 is 1.79 bits per heavy atom. The molecule has 0 bridgehead atoms. The number of nitrogens with zero attached hydrogens (tertiary/aromatic N) is 2. The quantitative estimate of drug-likeness (QED) is 0.831. The second-order valence-electron chi connectivity index (χ2n) is 5.79. The fourth-order valence-corrected chi connectivity index (χ4v) is 3.16. The van der Waals surface area contributed by atoms with E-state index < -0.39 is 0 Å². The highest BCUT2D eigenvalue weighted by Gasteiger charge is 2.29.